The van der Waals surface area contributed by atoms with Crippen LogP contribution in [0.3, 0.4) is 0 Å². The molecule has 0 aromatic heterocycles. The molecule has 2 unspecified atom stereocenters. The molecule has 0 amide bonds. The molecular formula is C7H16N2O4. The van der Waals surface area contributed by atoms with Crippen LogP contribution in [0.1, 0.15) is 13.3 Å². The Morgan fingerprint density at radius 3 is 2.54 bits per heavy atom. The van der Waals surface area contributed by atoms with Gasteiger partial charge in [-0.2, -0.15) is 5.06 Å². The number of rotatable bonds is 5. The highest BCUT2D eigenvalue weighted by atomic mass is 16.8. The quantitative estimate of drug-likeness (QED) is 0.331. The van der Waals surface area contributed by atoms with E-state index in [9.17, 15) is 4.79 Å². The molecule has 0 rings (SSSR count). The van der Waals surface area contributed by atoms with Crippen LogP contribution in [0, 0.1) is 0 Å². The molecule has 2 atom stereocenters. The predicted molar refractivity (Wildman–Crippen MR) is 45.1 cm³/mol. The third-order valence-corrected chi connectivity index (χ3v) is 1.18. The Hall–Kier alpha value is -0.690. The lowest BCUT2D eigenvalue weighted by Crippen LogP contribution is -2.36. The molecule has 0 aromatic carbocycles. The van der Waals surface area contributed by atoms with Crippen LogP contribution in [0.4, 0.5) is 0 Å². The highest BCUT2D eigenvalue weighted by molar-refractivity contribution is 5.72. The largest absolute Gasteiger partial charge is 0.443 e. The van der Waals surface area contributed by atoms with Crippen LogP contribution in [-0.2, 0) is 14.4 Å². The number of aliphatic hydroxyl groups excluding tert-OH is 1. The van der Waals surface area contributed by atoms with E-state index in [-0.39, 0.29) is 0 Å². The summed E-state index contributed by atoms with van der Waals surface area (Å²) in [6.45, 7) is 1.76. The summed E-state index contributed by atoms with van der Waals surface area (Å²) in [5.41, 5.74) is 5.32. The lowest BCUT2D eigenvalue weighted by atomic mass is 10.4. The van der Waals surface area contributed by atoms with E-state index in [0.717, 1.165) is 0 Å². The van der Waals surface area contributed by atoms with Gasteiger partial charge in [0.1, 0.15) is 0 Å². The van der Waals surface area contributed by atoms with Crippen molar-refractivity contribution in [3.05, 3.63) is 0 Å². The third-order valence-electron chi connectivity index (χ3n) is 1.18. The minimum absolute atomic E-state index is 0.487. The van der Waals surface area contributed by atoms with Gasteiger partial charge >= 0.3 is 5.97 Å². The van der Waals surface area contributed by atoms with E-state index in [4.69, 9.17) is 10.8 Å². The normalized spacial score (nSPS) is 15.5. The molecule has 6 nitrogen and oxygen atoms in total. The number of carbonyl (C=O) groups is 1. The van der Waals surface area contributed by atoms with Crippen LogP contribution in [-0.4, -0.2) is 42.8 Å². The van der Waals surface area contributed by atoms with Gasteiger partial charge in [0.05, 0.1) is 0 Å². The Morgan fingerprint density at radius 1 is 1.62 bits per heavy atom. The van der Waals surface area contributed by atoms with Crippen molar-refractivity contribution in [1.82, 2.24) is 5.06 Å². The van der Waals surface area contributed by atoms with Gasteiger partial charge in [-0.1, -0.05) is 6.92 Å². The van der Waals surface area contributed by atoms with E-state index >= 15 is 0 Å². The average molecular weight is 192 g/mol. The van der Waals surface area contributed by atoms with Gasteiger partial charge in [0, 0.05) is 14.1 Å². The van der Waals surface area contributed by atoms with E-state index in [1.54, 1.807) is 6.92 Å². The second kappa shape index (κ2) is 5.87. The zero-order chi connectivity index (χ0) is 10.4. The van der Waals surface area contributed by atoms with Crippen molar-refractivity contribution in [3.8, 4) is 0 Å². The van der Waals surface area contributed by atoms with Crippen molar-refractivity contribution < 1.29 is 19.5 Å². The Morgan fingerprint density at radius 2 is 2.15 bits per heavy atom. The fourth-order valence-corrected chi connectivity index (χ4v) is 0.533. The number of nitrogens with zero attached hydrogens (tertiary/aromatic N) is 1. The van der Waals surface area contributed by atoms with Gasteiger partial charge in [-0.05, 0) is 6.42 Å². The van der Waals surface area contributed by atoms with Crippen molar-refractivity contribution in [2.45, 2.75) is 25.9 Å². The van der Waals surface area contributed by atoms with Crippen molar-refractivity contribution in [1.29, 1.82) is 0 Å². The van der Waals surface area contributed by atoms with Gasteiger partial charge in [-0.25, -0.2) is 4.79 Å². The van der Waals surface area contributed by atoms with E-state index in [0.29, 0.717) is 6.42 Å². The maximum atomic E-state index is 10.9. The molecule has 3 N–H and O–H groups in total. The number of carbonyl (C=O) groups excluding carboxylic acids is 1. The number of hydrogen-bond acceptors (Lipinski definition) is 6. The number of aliphatic hydroxyl groups is 1. The smallest absolute Gasteiger partial charge is 0.366 e. The van der Waals surface area contributed by atoms with Crippen LogP contribution < -0.4 is 5.73 Å². The highest BCUT2D eigenvalue weighted by Crippen LogP contribution is 1.97. The topological polar surface area (TPSA) is 85.0 Å². The van der Waals surface area contributed by atoms with E-state index in [1.807, 2.05) is 0 Å². The minimum atomic E-state index is -1.62. The Balaban J connectivity index is 3.82. The summed E-state index contributed by atoms with van der Waals surface area (Å²) < 4.78 is 4.60. The fraction of sp³-hybridized carbons (Fsp3) is 0.857. The second-order valence-corrected chi connectivity index (χ2v) is 2.65. The molecule has 0 spiro atoms. The molecule has 0 radical (unpaired) electrons. The van der Waals surface area contributed by atoms with Crippen LogP contribution in [0.5, 0.6) is 0 Å². The summed E-state index contributed by atoms with van der Waals surface area (Å²) >= 11 is 0. The molecule has 6 heteroatoms. The molecule has 0 bridgehead atoms. The molecule has 0 fully saturated rings. The molecule has 0 aliphatic carbocycles. The van der Waals surface area contributed by atoms with Crippen molar-refractivity contribution >= 4 is 5.97 Å². The summed E-state index contributed by atoms with van der Waals surface area (Å²) in [6.07, 6.45) is -1.83. The Bertz CT molecular complexity index is 163. The van der Waals surface area contributed by atoms with E-state index in [2.05, 4.69) is 9.57 Å². The lowest BCUT2D eigenvalue weighted by Gasteiger charge is -2.17. The molecule has 0 aromatic rings. The van der Waals surface area contributed by atoms with E-state index in [1.165, 1.54) is 19.2 Å². The van der Waals surface area contributed by atoms with Crippen molar-refractivity contribution in [2.75, 3.05) is 14.1 Å². The van der Waals surface area contributed by atoms with Gasteiger partial charge in [0.25, 0.3) is 6.29 Å². The van der Waals surface area contributed by atoms with Gasteiger partial charge in [0.2, 0.25) is 0 Å². The molecule has 0 aliphatic rings. The predicted octanol–water partition coefficient (Wildman–Crippen LogP) is -0.964. The van der Waals surface area contributed by atoms with E-state index < -0.39 is 18.5 Å². The Kier molecular flexibility index (Phi) is 5.56. The number of esters is 1. The van der Waals surface area contributed by atoms with Crippen LogP contribution in [0.15, 0.2) is 0 Å². The summed E-state index contributed by atoms with van der Waals surface area (Å²) in [4.78, 5) is 15.6. The monoisotopic (exact) mass is 192 g/mol. The van der Waals surface area contributed by atoms with Crippen LogP contribution >= 0.6 is 0 Å². The standard InChI is InChI=1S/C7H16N2O4/c1-4-5(8)12-6(10)7(11)13-9(2)3/h5,7,11H,4,8H2,1-3H3. The molecular weight excluding hydrogens is 176 g/mol. The fourth-order valence-electron chi connectivity index (χ4n) is 0.533. The SMILES string of the molecule is CCC(N)OC(=O)C(O)ON(C)C. The van der Waals surface area contributed by atoms with Crippen LogP contribution in [0.25, 0.3) is 0 Å². The number of nitrogens with two attached hydrogens (primary N) is 1. The average Bonchev–Trinajstić information content (AvgIpc) is 2.02. The summed E-state index contributed by atoms with van der Waals surface area (Å²) in [5, 5.41) is 10.2. The molecule has 0 aliphatic heterocycles. The number of hydrogen-bond donors (Lipinski definition) is 2. The zero-order valence-corrected chi connectivity index (χ0v) is 8.06. The highest BCUT2D eigenvalue weighted by Gasteiger charge is 2.20. The lowest BCUT2D eigenvalue weighted by molar-refractivity contribution is -0.250. The first kappa shape index (κ1) is 12.3. The first-order valence-electron chi connectivity index (χ1n) is 3.95. The Labute approximate surface area is 77.2 Å². The van der Waals surface area contributed by atoms with Gasteiger partial charge in [-0.3, -0.25) is 10.6 Å². The second-order valence-electron chi connectivity index (χ2n) is 2.65. The first-order valence-corrected chi connectivity index (χ1v) is 3.95. The number of hydroxylamine groups is 2. The minimum Gasteiger partial charge on any atom is -0.443 e. The summed E-state index contributed by atoms with van der Waals surface area (Å²) in [7, 11) is 3.08. The molecule has 0 saturated heterocycles. The van der Waals surface area contributed by atoms with Crippen molar-refractivity contribution in [2.24, 2.45) is 5.73 Å². The first-order chi connectivity index (χ1) is 5.97. The van der Waals surface area contributed by atoms with Crippen molar-refractivity contribution in [3.63, 3.8) is 0 Å². The van der Waals surface area contributed by atoms with Gasteiger partial charge in [0.15, 0.2) is 6.23 Å². The molecule has 0 saturated carbocycles. The third kappa shape index (κ3) is 5.53. The maximum absolute atomic E-state index is 10.9. The van der Waals surface area contributed by atoms with Crippen LogP contribution in [0.2, 0.25) is 0 Å². The summed E-state index contributed by atoms with van der Waals surface area (Å²) in [6, 6.07) is 0. The molecule has 0 heterocycles. The molecule has 13 heavy (non-hydrogen) atoms. The summed E-state index contributed by atoms with van der Waals surface area (Å²) in [5.74, 6) is -0.886. The maximum Gasteiger partial charge on any atom is 0.366 e. The zero-order valence-electron chi connectivity index (χ0n) is 8.06. The van der Waals surface area contributed by atoms with Gasteiger partial charge in [-0.15, -0.1) is 0 Å². The number of ether oxygens (including phenoxy) is 1. The molecule has 78 valence electrons. The van der Waals surface area contributed by atoms with Gasteiger partial charge < -0.3 is 9.84 Å².